The van der Waals surface area contributed by atoms with Crippen LogP contribution in [-0.4, -0.2) is 41.3 Å². The van der Waals surface area contributed by atoms with Gasteiger partial charge in [-0.1, -0.05) is 68.3 Å². The van der Waals surface area contributed by atoms with Gasteiger partial charge in [-0.3, -0.25) is 4.79 Å². The molecule has 3 aliphatic rings. The first-order valence-corrected chi connectivity index (χ1v) is 12.5. The fourth-order valence-corrected chi connectivity index (χ4v) is 6.24. The number of nitrogens with one attached hydrogen (secondary N) is 2. The Bertz CT molecular complexity index is 1100. The number of carboxylic acid groups (broad SMARTS) is 1. The van der Waals surface area contributed by atoms with Gasteiger partial charge in [-0.25, -0.2) is 9.59 Å². The van der Waals surface area contributed by atoms with Crippen molar-refractivity contribution < 1.29 is 24.2 Å². The number of carbonyl (C=O) groups excluding carboxylic acids is 2. The van der Waals surface area contributed by atoms with Gasteiger partial charge >= 0.3 is 12.1 Å². The molecule has 0 radical (unpaired) electrons. The van der Waals surface area contributed by atoms with Gasteiger partial charge in [0, 0.05) is 5.92 Å². The zero-order valence-electron chi connectivity index (χ0n) is 20.0. The zero-order chi connectivity index (χ0) is 24.6. The standard InChI is InChI=1S/C28H32N2O5/c1-2-8-23(24(31)32)29-25(33)28(16-27(17-28)13-7-14-27)30-26(34)35-15-22-20-11-5-3-9-18(20)19-10-4-6-12-21(19)22/h3-6,9-12,22-23H,2,7-8,13-17H2,1H3,(H,29,33)(H,30,34)(H,31,32)/t23-/m1/s1. The topological polar surface area (TPSA) is 105 Å². The SMILES string of the molecule is CCC[C@@H](NC(=O)C1(NC(=O)OCC2c3ccccc3-c3ccccc32)CC2(CCC2)C1)C(=O)O. The Kier molecular flexibility index (Phi) is 6.03. The van der Waals surface area contributed by atoms with Crippen LogP contribution in [0.2, 0.25) is 0 Å². The zero-order valence-corrected chi connectivity index (χ0v) is 20.0. The molecule has 0 saturated heterocycles. The average molecular weight is 477 g/mol. The van der Waals surface area contributed by atoms with Crippen LogP contribution in [0.5, 0.6) is 0 Å². The largest absolute Gasteiger partial charge is 0.480 e. The first-order chi connectivity index (χ1) is 16.9. The predicted octanol–water partition coefficient (Wildman–Crippen LogP) is 4.60. The van der Waals surface area contributed by atoms with Crippen molar-refractivity contribution in [1.82, 2.24) is 10.6 Å². The number of fused-ring (bicyclic) bond motifs is 3. The van der Waals surface area contributed by atoms with E-state index in [0.29, 0.717) is 25.7 Å². The Hall–Kier alpha value is -3.35. The summed E-state index contributed by atoms with van der Waals surface area (Å²) in [7, 11) is 0. The molecular formula is C28H32N2O5. The Labute approximate surface area is 205 Å². The molecule has 7 heteroatoms. The van der Waals surface area contributed by atoms with Crippen LogP contribution in [0.15, 0.2) is 48.5 Å². The van der Waals surface area contributed by atoms with Gasteiger partial charge in [-0.15, -0.1) is 0 Å². The number of rotatable bonds is 8. The Balaban J connectivity index is 1.28. The van der Waals surface area contributed by atoms with Crippen LogP contribution in [0.3, 0.4) is 0 Å². The van der Waals surface area contributed by atoms with Crippen LogP contribution in [0, 0.1) is 5.41 Å². The Morgan fingerprint density at radius 3 is 2.14 bits per heavy atom. The summed E-state index contributed by atoms with van der Waals surface area (Å²) in [5.74, 6) is -1.56. The quantitative estimate of drug-likeness (QED) is 0.517. The molecule has 0 bridgehead atoms. The van der Waals surface area contributed by atoms with Crippen LogP contribution in [0.1, 0.15) is 68.9 Å². The molecule has 2 fully saturated rings. The van der Waals surface area contributed by atoms with Crippen molar-refractivity contribution in [1.29, 1.82) is 0 Å². The second-order valence-electron chi connectivity index (χ2n) is 10.4. The molecule has 35 heavy (non-hydrogen) atoms. The molecule has 3 aliphatic carbocycles. The number of amides is 2. The van der Waals surface area contributed by atoms with Gasteiger partial charge in [-0.05, 0) is 59.8 Å². The van der Waals surface area contributed by atoms with E-state index >= 15 is 0 Å². The molecule has 1 spiro atoms. The third-order valence-corrected chi connectivity index (χ3v) is 8.07. The molecular weight excluding hydrogens is 444 g/mol. The van der Waals surface area contributed by atoms with E-state index in [4.69, 9.17) is 4.74 Å². The fraction of sp³-hybridized carbons (Fsp3) is 0.464. The first kappa shape index (κ1) is 23.4. The molecule has 2 aromatic rings. The molecule has 2 saturated carbocycles. The monoisotopic (exact) mass is 476 g/mol. The lowest BCUT2D eigenvalue weighted by Gasteiger charge is -2.59. The number of alkyl carbamates (subject to hydrolysis) is 1. The van der Waals surface area contributed by atoms with Gasteiger partial charge in [-0.2, -0.15) is 0 Å². The van der Waals surface area contributed by atoms with Crippen LogP contribution < -0.4 is 10.6 Å². The van der Waals surface area contributed by atoms with Gasteiger partial charge in [0.25, 0.3) is 0 Å². The Morgan fingerprint density at radius 1 is 1.03 bits per heavy atom. The summed E-state index contributed by atoms with van der Waals surface area (Å²) in [5.41, 5.74) is 3.50. The van der Waals surface area contributed by atoms with Gasteiger partial charge in [0.2, 0.25) is 5.91 Å². The van der Waals surface area contributed by atoms with Crippen molar-refractivity contribution in [3.05, 3.63) is 59.7 Å². The van der Waals surface area contributed by atoms with E-state index in [0.717, 1.165) is 41.5 Å². The van der Waals surface area contributed by atoms with Gasteiger partial charge < -0.3 is 20.5 Å². The highest BCUT2D eigenvalue weighted by Crippen LogP contribution is 2.60. The minimum Gasteiger partial charge on any atom is -0.480 e. The highest BCUT2D eigenvalue weighted by Gasteiger charge is 2.62. The average Bonchev–Trinajstić information content (AvgIpc) is 3.12. The van der Waals surface area contributed by atoms with E-state index in [9.17, 15) is 19.5 Å². The highest BCUT2D eigenvalue weighted by molar-refractivity contribution is 5.94. The highest BCUT2D eigenvalue weighted by atomic mass is 16.5. The molecule has 5 rings (SSSR count). The number of aliphatic carboxylic acids is 1. The second-order valence-corrected chi connectivity index (χ2v) is 10.4. The lowest BCUT2D eigenvalue weighted by Crippen LogP contribution is -2.71. The molecule has 184 valence electrons. The summed E-state index contributed by atoms with van der Waals surface area (Å²) in [6.45, 7) is 2.04. The lowest BCUT2D eigenvalue weighted by atomic mass is 9.48. The van der Waals surface area contributed by atoms with Crippen LogP contribution in [-0.2, 0) is 14.3 Å². The van der Waals surface area contributed by atoms with Crippen LogP contribution in [0.4, 0.5) is 4.79 Å². The number of carboxylic acids is 1. The third kappa shape index (κ3) is 4.17. The van der Waals surface area contributed by atoms with Gasteiger partial charge in [0.15, 0.2) is 0 Å². The number of hydrogen-bond acceptors (Lipinski definition) is 4. The normalized spacial score (nSPS) is 19.5. The minimum absolute atomic E-state index is 0.0711. The second kappa shape index (κ2) is 9.02. The van der Waals surface area contributed by atoms with Gasteiger partial charge in [0.05, 0.1) is 0 Å². The number of carbonyl (C=O) groups is 3. The summed E-state index contributed by atoms with van der Waals surface area (Å²) in [6, 6.07) is 15.3. The van der Waals surface area contributed by atoms with E-state index in [1.54, 1.807) is 0 Å². The molecule has 0 unspecified atom stereocenters. The maximum Gasteiger partial charge on any atom is 0.408 e. The van der Waals surface area contributed by atoms with Crippen molar-refractivity contribution in [2.75, 3.05) is 6.61 Å². The molecule has 3 N–H and O–H groups in total. The van der Waals surface area contributed by atoms with Crippen LogP contribution in [0.25, 0.3) is 11.1 Å². The molecule has 7 nitrogen and oxygen atoms in total. The minimum atomic E-state index is -1.12. The maximum atomic E-state index is 13.2. The van der Waals surface area contributed by atoms with Crippen molar-refractivity contribution in [2.45, 2.75) is 69.4 Å². The smallest absolute Gasteiger partial charge is 0.408 e. The molecule has 2 aromatic carbocycles. The molecule has 0 aliphatic heterocycles. The first-order valence-electron chi connectivity index (χ1n) is 12.5. The summed E-state index contributed by atoms with van der Waals surface area (Å²) in [4.78, 5) is 37.8. The van der Waals surface area contributed by atoms with Crippen molar-refractivity contribution in [3.63, 3.8) is 0 Å². The number of ether oxygens (including phenoxy) is 1. The molecule has 1 atom stereocenters. The molecule has 2 amide bonds. The van der Waals surface area contributed by atoms with Crippen LogP contribution >= 0.6 is 0 Å². The van der Waals surface area contributed by atoms with Crippen molar-refractivity contribution in [3.8, 4) is 11.1 Å². The maximum absolute atomic E-state index is 13.2. The third-order valence-electron chi connectivity index (χ3n) is 8.07. The fourth-order valence-electron chi connectivity index (χ4n) is 6.24. The predicted molar refractivity (Wildman–Crippen MR) is 131 cm³/mol. The van der Waals surface area contributed by atoms with Gasteiger partial charge in [0.1, 0.15) is 18.2 Å². The van der Waals surface area contributed by atoms with E-state index in [-0.39, 0.29) is 17.9 Å². The summed E-state index contributed by atoms with van der Waals surface area (Å²) in [6.07, 6.45) is 4.57. The van der Waals surface area contributed by atoms with Crippen molar-refractivity contribution in [2.24, 2.45) is 5.41 Å². The van der Waals surface area contributed by atoms with Crippen molar-refractivity contribution >= 4 is 18.0 Å². The van der Waals surface area contributed by atoms with E-state index < -0.39 is 29.6 Å². The lowest BCUT2D eigenvalue weighted by molar-refractivity contribution is -0.150. The van der Waals surface area contributed by atoms with E-state index in [2.05, 4.69) is 34.9 Å². The molecule has 0 heterocycles. The molecule has 0 aromatic heterocycles. The van der Waals surface area contributed by atoms with E-state index in [1.165, 1.54) is 0 Å². The summed E-state index contributed by atoms with van der Waals surface area (Å²) < 4.78 is 5.69. The number of hydrogen-bond donors (Lipinski definition) is 3. The summed E-state index contributed by atoms with van der Waals surface area (Å²) >= 11 is 0. The number of benzene rings is 2. The summed E-state index contributed by atoms with van der Waals surface area (Å²) in [5, 5.41) is 15.0. The van der Waals surface area contributed by atoms with E-state index in [1.807, 2.05) is 31.2 Å². The Morgan fingerprint density at radius 2 is 1.63 bits per heavy atom.